The number of hydrogen-bond acceptors (Lipinski definition) is 4. The van der Waals surface area contributed by atoms with Gasteiger partial charge < -0.3 is 0 Å². The summed E-state index contributed by atoms with van der Waals surface area (Å²) in [5.74, 6) is -0.0197. The van der Waals surface area contributed by atoms with Gasteiger partial charge in [-0.1, -0.05) is 41.6 Å². The molecule has 0 unspecified atom stereocenters. The van der Waals surface area contributed by atoms with Gasteiger partial charge in [0.1, 0.15) is 5.52 Å². The molecule has 3 rings (SSSR count). The van der Waals surface area contributed by atoms with Gasteiger partial charge in [0.2, 0.25) is 10.0 Å². The van der Waals surface area contributed by atoms with Gasteiger partial charge in [0.15, 0.2) is 0 Å². The second-order valence-electron chi connectivity index (χ2n) is 5.69. The van der Waals surface area contributed by atoms with E-state index in [4.69, 9.17) is 0 Å². The summed E-state index contributed by atoms with van der Waals surface area (Å²) in [5, 5.41) is 8.04. The van der Waals surface area contributed by atoms with E-state index in [0.717, 1.165) is 16.6 Å². The van der Waals surface area contributed by atoms with Crippen molar-refractivity contribution in [2.24, 2.45) is 0 Å². The third-order valence-corrected chi connectivity index (χ3v) is 5.33. The monoisotopic (exact) mass is 344 g/mol. The van der Waals surface area contributed by atoms with Gasteiger partial charge in [-0.2, -0.15) is 0 Å². The van der Waals surface area contributed by atoms with Crippen LogP contribution in [0, 0.1) is 6.92 Å². The SMILES string of the molecule is Cc1ccccc1CCNS(=O)(=O)CCn1nnc2ccccc21. The fourth-order valence-electron chi connectivity index (χ4n) is 2.59. The Morgan fingerprint density at radius 2 is 1.83 bits per heavy atom. The summed E-state index contributed by atoms with van der Waals surface area (Å²) >= 11 is 0. The molecule has 3 aromatic rings. The van der Waals surface area contributed by atoms with Crippen LogP contribution in [0.5, 0.6) is 0 Å². The molecule has 0 fully saturated rings. The van der Waals surface area contributed by atoms with Crippen molar-refractivity contribution >= 4 is 21.1 Å². The fraction of sp³-hybridized carbons (Fsp3) is 0.294. The molecule has 0 saturated heterocycles. The zero-order valence-electron chi connectivity index (χ0n) is 13.5. The molecule has 1 aromatic heterocycles. The minimum Gasteiger partial charge on any atom is -0.244 e. The summed E-state index contributed by atoms with van der Waals surface area (Å²) in [6.07, 6.45) is 0.679. The summed E-state index contributed by atoms with van der Waals surface area (Å²) in [6.45, 7) is 2.70. The molecular weight excluding hydrogens is 324 g/mol. The van der Waals surface area contributed by atoms with Gasteiger partial charge >= 0.3 is 0 Å². The van der Waals surface area contributed by atoms with Gasteiger partial charge in [-0.05, 0) is 36.6 Å². The molecule has 2 aromatic carbocycles. The largest absolute Gasteiger partial charge is 0.244 e. The van der Waals surface area contributed by atoms with E-state index in [1.54, 1.807) is 4.68 Å². The predicted molar refractivity (Wildman–Crippen MR) is 94.2 cm³/mol. The van der Waals surface area contributed by atoms with Gasteiger partial charge in [-0.25, -0.2) is 17.8 Å². The third kappa shape index (κ3) is 3.98. The lowest BCUT2D eigenvalue weighted by molar-refractivity contribution is 0.566. The van der Waals surface area contributed by atoms with Crippen LogP contribution in [0.1, 0.15) is 11.1 Å². The van der Waals surface area contributed by atoms with Crippen LogP contribution in [0.2, 0.25) is 0 Å². The van der Waals surface area contributed by atoms with Crippen LogP contribution in [-0.2, 0) is 23.0 Å². The van der Waals surface area contributed by atoms with Crippen molar-refractivity contribution in [2.75, 3.05) is 12.3 Å². The lowest BCUT2D eigenvalue weighted by Gasteiger charge is -2.08. The fourth-order valence-corrected chi connectivity index (χ4v) is 3.56. The number of rotatable bonds is 7. The molecular formula is C17H20N4O2S. The molecule has 0 aliphatic rings. The lowest BCUT2D eigenvalue weighted by Crippen LogP contribution is -2.30. The van der Waals surface area contributed by atoms with Crippen LogP contribution in [0.15, 0.2) is 48.5 Å². The Bertz CT molecular complexity index is 934. The van der Waals surface area contributed by atoms with E-state index >= 15 is 0 Å². The molecule has 24 heavy (non-hydrogen) atoms. The van der Waals surface area contributed by atoms with Gasteiger partial charge in [0.05, 0.1) is 17.8 Å². The summed E-state index contributed by atoms with van der Waals surface area (Å²) in [6, 6.07) is 15.5. The van der Waals surface area contributed by atoms with Gasteiger partial charge in [-0.15, -0.1) is 5.10 Å². The van der Waals surface area contributed by atoms with Crippen LogP contribution < -0.4 is 4.72 Å². The van der Waals surface area contributed by atoms with Crippen LogP contribution >= 0.6 is 0 Å². The summed E-state index contributed by atoms with van der Waals surface area (Å²) in [5.41, 5.74) is 3.93. The molecule has 0 spiro atoms. The van der Waals surface area contributed by atoms with Crippen molar-refractivity contribution < 1.29 is 8.42 Å². The Morgan fingerprint density at radius 3 is 2.67 bits per heavy atom. The summed E-state index contributed by atoms with van der Waals surface area (Å²) in [4.78, 5) is 0. The number of nitrogens with one attached hydrogen (secondary N) is 1. The number of fused-ring (bicyclic) bond motifs is 1. The number of sulfonamides is 1. The number of hydrogen-bond donors (Lipinski definition) is 1. The molecule has 0 bridgehead atoms. The normalized spacial score (nSPS) is 11.9. The van der Waals surface area contributed by atoms with Gasteiger partial charge in [0, 0.05) is 6.54 Å². The molecule has 126 valence electrons. The Balaban J connectivity index is 1.55. The molecule has 1 N–H and O–H groups in total. The topological polar surface area (TPSA) is 76.9 Å². The van der Waals surface area contributed by atoms with E-state index in [2.05, 4.69) is 15.0 Å². The number of aryl methyl sites for hydroxylation is 2. The molecule has 0 aliphatic heterocycles. The summed E-state index contributed by atoms with van der Waals surface area (Å²) < 4.78 is 28.6. The molecule has 7 heteroatoms. The second-order valence-corrected chi connectivity index (χ2v) is 7.62. The highest BCUT2D eigenvalue weighted by Crippen LogP contribution is 2.10. The number of benzene rings is 2. The molecule has 6 nitrogen and oxygen atoms in total. The zero-order valence-corrected chi connectivity index (χ0v) is 14.3. The van der Waals surface area contributed by atoms with E-state index in [1.165, 1.54) is 5.56 Å². The predicted octanol–water partition coefficient (Wildman–Crippen LogP) is 1.90. The summed E-state index contributed by atoms with van der Waals surface area (Å²) in [7, 11) is -3.35. The van der Waals surface area contributed by atoms with Crippen LogP contribution in [-0.4, -0.2) is 35.7 Å². The van der Waals surface area contributed by atoms with Crippen molar-refractivity contribution in [3.05, 3.63) is 59.7 Å². The van der Waals surface area contributed by atoms with E-state index in [1.807, 2.05) is 55.5 Å². The number of para-hydroxylation sites is 1. The average molecular weight is 344 g/mol. The molecule has 0 radical (unpaired) electrons. The standard InChI is InChI=1S/C17H20N4O2S/c1-14-6-2-3-7-15(14)10-11-18-24(22,23)13-12-21-17-9-5-4-8-16(17)19-20-21/h2-9,18H,10-13H2,1H3. The molecule has 0 saturated carbocycles. The van der Waals surface area contributed by atoms with Crippen molar-refractivity contribution in [1.82, 2.24) is 19.7 Å². The van der Waals surface area contributed by atoms with Crippen LogP contribution in [0.4, 0.5) is 0 Å². The second kappa shape index (κ2) is 7.11. The van der Waals surface area contributed by atoms with Gasteiger partial charge in [0.25, 0.3) is 0 Å². The Kier molecular flexibility index (Phi) is 4.92. The maximum absolute atomic E-state index is 12.2. The first-order chi connectivity index (χ1) is 11.6. The van der Waals surface area contributed by atoms with Gasteiger partial charge in [-0.3, -0.25) is 0 Å². The van der Waals surface area contributed by atoms with E-state index in [-0.39, 0.29) is 12.3 Å². The first kappa shape index (κ1) is 16.6. The molecule has 0 atom stereocenters. The minimum atomic E-state index is -3.35. The van der Waals surface area contributed by atoms with E-state index in [0.29, 0.717) is 13.0 Å². The molecule has 0 aliphatic carbocycles. The maximum atomic E-state index is 12.2. The quantitative estimate of drug-likeness (QED) is 0.710. The third-order valence-electron chi connectivity index (χ3n) is 3.97. The van der Waals surface area contributed by atoms with Crippen molar-refractivity contribution in [3.8, 4) is 0 Å². The smallest absolute Gasteiger partial charge is 0.213 e. The van der Waals surface area contributed by atoms with Crippen molar-refractivity contribution in [1.29, 1.82) is 0 Å². The highest BCUT2D eigenvalue weighted by atomic mass is 32.2. The Morgan fingerprint density at radius 1 is 1.08 bits per heavy atom. The number of nitrogens with zero attached hydrogens (tertiary/aromatic N) is 3. The molecule has 0 amide bonds. The highest BCUT2D eigenvalue weighted by Gasteiger charge is 2.12. The first-order valence-electron chi connectivity index (χ1n) is 7.85. The Labute approximate surface area is 141 Å². The minimum absolute atomic E-state index is 0.0197. The zero-order chi connectivity index (χ0) is 17.0. The lowest BCUT2D eigenvalue weighted by atomic mass is 10.1. The first-order valence-corrected chi connectivity index (χ1v) is 9.50. The van der Waals surface area contributed by atoms with E-state index in [9.17, 15) is 8.42 Å². The van der Waals surface area contributed by atoms with Crippen molar-refractivity contribution in [3.63, 3.8) is 0 Å². The van der Waals surface area contributed by atoms with Crippen LogP contribution in [0.3, 0.4) is 0 Å². The average Bonchev–Trinajstić information content (AvgIpc) is 2.98. The van der Waals surface area contributed by atoms with E-state index < -0.39 is 10.0 Å². The Hall–Kier alpha value is -2.25. The number of aromatic nitrogens is 3. The molecule has 1 heterocycles. The highest BCUT2D eigenvalue weighted by molar-refractivity contribution is 7.89. The van der Waals surface area contributed by atoms with Crippen LogP contribution in [0.25, 0.3) is 11.0 Å². The maximum Gasteiger partial charge on any atom is 0.213 e. The van der Waals surface area contributed by atoms with Crippen molar-refractivity contribution in [2.45, 2.75) is 19.9 Å².